The van der Waals surface area contributed by atoms with Gasteiger partial charge in [-0.2, -0.15) is 0 Å². The quantitative estimate of drug-likeness (QED) is 0.299. The molecule has 0 aromatic heterocycles. The third-order valence-electron chi connectivity index (χ3n) is 3.35. The molecule has 2 aromatic carbocycles. The predicted molar refractivity (Wildman–Crippen MR) is 98.3 cm³/mol. The second-order valence-electron chi connectivity index (χ2n) is 5.49. The van der Waals surface area contributed by atoms with E-state index in [1.165, 1.54) is 31.2 Å². The largest absolute Gasteiger partial charge is 0.459 e. The van der Waals surface area contributed by atoms with Gasteiger partial charge < -0.3 is 14.2 Å². The second-order valence-corrected chi connectivity index (χ2v) is 5.49. The molecule has 0 spiro atoms. The van der Waals surface area contributed by atoms with E-state index < -0.39 is 23.6 Å². The smallest absolute Gasteiger partial charge is 0.338 e. The molecule has 144 valence electrons. The van der Waals surface area contributed by atoms with Crippen LogP contribution in [0.5, 0.6) is 11.5 Å². The highest BCUT2D eigenvalue weighted by Crippen LogP contribution is 2.29. The number of hydrogen-bond donors (Lipinski definition) is 0. The summed E-state index contributed by atoms with van der Waals surface area (Å²) in [6.07, 6.45) is 2.87. The van der Waals surface area contributed by atoms with Gasteiger partial charge in [-0.3, -0.25) is 0 Å². The number of carbonyl (C=O) groups excluding carboxylic acids is 2. The first-order valence-corrected chi connectivity index (χ1v) is 7.93. The van der Waals surface area contributed by atoms with E-state index in [-0.39, 0.29) is 17.1 Å². The van der Waals surface area contributed by atoms with Crippen LogP contribution in [0.15, 0.2) is 73.7 Å². The van der Waals surface area contributed by atoms with E-state index in [1.54, 1.807) is 0 Å². The van der Waals surface area contributed by atoms with Crippen molar-refractivity contribution in [2.45, 2.75) is 6.92 Å². The van der Waals surface area contributed by atoms with E-state index in [0.717, 1.165) is 30.7 Å². The molecule has 0 bridgehead atoms. The van der Waals surface area contributed by atoms with Crippen LogP contribution in [-0.2, 0) is 14.3 Å². The molecule has 0 unspecified atom stereocenters. The molecule has 0 fully saturated rings. The summed E-state index contributed by atoms with van der Waals surface area (Å²) in [7, 11) is 0. The minimum Gasteiger partial charge on any atom is -0.459 e. The molecule has 28 heavy (non-hydrogen) atoms. The van der Waals surface area contributed by atoms with E-state index in [0.29, 0.717) is 11.1 Å². The average molecular weight is 386 g/mol. The SMILES string of the molecule is C=CC(=O)Oc1ccc(-c2ccc(O/C=C\OC(=O)C(=C)C)c(F)c2)cc1F. The van der Waals surface area contributed by atoms with Gasteiger partial charge in [-0.1, -0.05) is 25.3 Å². The van der Waals surface area contributed by atoms with E-state index in [1.807, 2.05) is 0 Å². The van der Waals surface area contributed by atoms with Crippen molar-refractivity contribution >= 4 is 11.9 Å². The van der Waals surface area contributed by atoms with Crippen molar-refractivity contribution in [1.29, 1.82) is 0 Å². The molecule has 0 N–H and O–H groups in total. The van der Waals surface area contributed by atoms with Gasteiger partial charge in [-0.15, -0.1) is 0 Å². The Morgan fingerprint density at radius 1 is 0.964 bits per heavy atom. The molecule has 2 aromatic rings. The third kappa shape index (κ3) is 5.38. The molecule has 0 aliphatic rings. The van der Waals surface area contributed by atoms with Crippen LogP contribution < -0.4 is 9.47 Å². The Labute approximate surface area is 160 Å². The Hall–Kier alpha value is -3.74. The van der Waals surface area contributed by atoms with Crippen LogP contribution in [-0.4, -0.2) is 11.9 Å². The number of hydrogen-bond acceptors (Lipinski definition) is 5. The van der Waals surface area contributed by atoms with E-state index in [4.69, 9.17) is 9.47 Å². The summed E-state index contributed by atoms with van der Waals surface area (Å²) in [6, 6.07) is 7.83. The molecule has 0 heterocycles. The van der Waals surface area contributed by atoms with Gasteiger partial charge in [0.1, 0.15) is 12.5 Å². The number of ether oxygens (including phenoxy) is 3. The number of rotatable bonds is 7. The molecule has 0 radical (unpaired) electrons. The van der Waals surface area contributed by atoms with Crippen molar-refractivity contribution in [3.63, 3.8) is 0 Å². The zero-order valence-corrected chi connectivity index (χ0v) is 14.9. The fraction of sp³-hybridized carbons (Fsp3) is 0.0476. The number of carbonyl (C=O) groups is 2. The fourth-order valence-corrected chi connectivity index (χ4v) is 1.98. The van der Waals surface area contributed by atoms with Crippen LogP contribution in [0, 0.1) is 11.6 Å². The standard InChI is InChI=1S/C21H16F2O5/c1-4-20(24)28-19-8-6-15(12-17(19)23)14-5-7-18(16(22)11-14)26-9-10-27-21(25)13(2)3/h4-12H,1-2H2,3H3/b10-9-. The van der Waals surface area contributed by atoms with Crippen LogP contribution in [0.3, 0.4) is 0 Å². The second kappa shape index (κ2) is 9.27. The summed E-state index contributed by atoms with van der Waals surface area (Å²) >= 11 is 0. The molecule has 0 saturated carbocycles. The topological polar surface area (TPSA) is 61.8 Å². The van der Waals surface area contributed by atoms with Gasteiger partial charge in [0.15, 0.2) is 23.1 Å². The Balaban J connectivity index is 2.11. The molecule has 2 rings (SSSR count). The van der Waals surface area contributed by atoms with Gasteiger partial charge in [0.25, 0.3) is 0 Å². The Morgan fingerprint density at radius 3 is 2.04 bits per heavy atom. The van der Waals surface area contributed by atoms with E-state index >= 15 is 0 Å². The molecule has 7 heteroatoms. The maximum absolute atomic E-state index is 14.2. The Kier molecular flexibility index (Phi) is 6.81. The van der Waals surface area contributed by atoms with Gasteiger partial charge in [-0.05, 0) is 42.3 Å². The third-order valence-corrected chi connectivity index (χ3v) is 3.35. The van der Waals surface area contributed by atoms with Crippen LogP contribution in [0.25, 0.3) is 11.1 Å². The zero-order valence-electron chi connectivity index (χ0n) is 14.9. The summed E-state index contributed by atoms with van der Waals surface area (Å²) in [6.45, 7) is 8.12. The summed E-state index contributed by atoms with van der Waals surface area (Å²) < 4.78 is 42.7. The fourth-order valence-electron chi connectivity index (χ4n) is 1.98. The molecule has 0 atom stereocenters. The van der Waals surface area contributed by atoms with Crippen molar-refractivity contribution in [3.05, 3.63) is 85.4 Å². The summed E-state index contributed by atoms with van der Waals surface area (Å²) in [5.41, 5.74) is 0.952. The number of halogens is 2. The lowest BCUT2D eigenvalue weighted by atomic mass is 10.0. The number of esters is 2. The van der Waals surface area contributed by atoms with Crippen LogP contribution >= 0.6 is 0 Å². The van der Waals surface area contributed by atoms with Crippen LogP contribution in [0.4, 0.5) is 8.78 Å². The minimum atomic E-state index is -0.791. The molecule has 0 aliphatic carbocycles. The highest BCUT2D eigenvalue weighted by atomic mass is 19.1. The van der Waals surface area contributed by atoms with E-state index in [2.05, 4.69) is 17.9 Å². The molecule has 0 aliphatic heterocycles. The maximum Gasteiger partial charge on any atom is 0.338 e. The van der Waals surface area contributed by atoms with Crippen LogP contribution in [0.1, 0.15) is 6.92 Å². The van der Waals surface area contributed by atoms with Gasteiger partial charge in [0, 0.05) is 11.6 Å². The van der Waals surface area contributed by atoms with Crippen molar-refractivity contribution in [3.8, 4) is 22.6 Å². The van der Waals surface area contributed by atoms with Crippen molar-refractivity contribution in [2.24, 2.45) is 0 Å². The van der Waals surface area contributed by atoms with Gasteiger partial charge in [0.05, 0.1) is 0 Å². The lowest BCUT2D eigenvalue weighted by molar-refractivity contribution is -0.133. The molecule has 0 amide bonds. The van der Waals surface area contributed by atoms with Crippen molar-refractivity contribution < 1.29 is 32.6 Å². The Bertz CT molecular complexity index is 963. The minimum absolute atomic E-state index is 0.122. The van der Waals surface area contributed by atoms with Crippen molar-refractivity contribution in [2.75, 3.05) is 0 Å². The van der Waals surface area contributed by atoms with E-state index in [9.17, 15) is 18.4 Å². The summed E-state index contributed by atoms with van der Waals surface area (Å²) in [4.78, 5) is 22.3. The lowest BCUT2D eigenvalue weighted by Crippen LogP contribution is -2.04. The predicted octanol–water partition coefficient (Wildman–Crippen LogP) is 4.69. The summed E-state index contributed by atoms with van der Waals surface area (Å²) in [5, 5.41) is 0. The Morgan fingerprint density at radius 2 is 1.54 bits per heavy atom. The van der Waals surface area contributed by atoms with Gasteiger partial charge >= 0.3 is 11.9 Å². The zero-order chi connectivity index (χ0) is 20.7. The first-order chi connectivity index (χ1) is 13.3. The van der Waals surface area contributed by atoms with Gasteiger partial charge in [-0.25, -0.2) is 18.4 Å². The highest BCUT2D eigenvalue weighted by molar-refractivity contribution is 5.87. The first kappa shape index (κ1) is 20.6. The van der Waals surface area contributed by atoms with Crippen LogP contribution in [0.2, 0.25) is 0 Å². The highest BCUT2D eigenvalue weighted by Gasteiger charge is 2.11. The number of benzene rings is 2. The molecule has 0 saturated heterocycles. The normalized spacial score (nSPS) is 10.4. The first-order valence-electron chi connectivity index (χ1n) is 7.93. The lowest BCUT2D eigenvalue weighted by Gasteiger charge is -2.08. The molecular formula is C21H16F2O5. The van der Waals surface area contributed by atoms with Gasteiger partial charge in [0.2, 0.25) is 0 Å². The maximum atomic E-state index is 14.2. The molecular weight excluding hydrogens is 370 g/mol. The van der Waals surface area contributed by atoms with Crippen molar-refractivity contribution in [1.82, 2.24) is 0 Å². The summed E-state index contributed by atoms with van der Waals surface area (Å²) in [5.74, 6) is -3.31. The average Bonchev–Trinajstić information content (AvgIpc) is 2.67. The molecule has 5 nitrogen and oxygen atoms in total. The monoisotopic (exact) mass is 386 g/mol.